The number of aliphatic carboxylic acids is 1. The highest BCUT2D eigenvalue weighted by atomic mass is 35.5. The van der Waals surface area contributed by atoms with E-state index in [9.17, 15) is 4.79 Å². The van der Waals surface area contributed by atoms with Crippen molar-refractivity contribution in [2.75, 3.05) is 63.6 Å². The zero-order chi connectivity index (χ0) is 24.4. The van der Waals surface area contributed by atoms with Crippen LogP contribution in [0.3, 0.4) is 0 Å². The molecule has 184 valence electrons. The fourth-order valence-corrected chi connectivity index (χ4v) is 5.30. The first-order valence-electron chi connectivity index (χ1n) is 11.5. The van der Waals surface area contributed by atoms with Gasteiger partial charge in [0, 0.05) is 61.5 Å². The van der Waals surface area contributed by atoms with Crippen molar-refractivity contribution in [2.45, 2.75) is 32.7 Å². The molecule has 0 aliphatic carbocycles. The second kappa shape index (κ2) is 10.3. The predicted molar refractivity (Wildman–Crippen MR) is 131 cm³/mol. The summed E-state index contributed by atoms with van der Waals surface area (Å²) < 4.78 is 5.58. The first-order chi connectivity index (χ1) is 16.3. The average Bonchev–Trinajstić information content (AvgIpc) is 3.12. The number of aryl methyl sites for hydroxylation is 1. The Labute approximate surface area is 204 Å². The number of hydrogen-bond donors (Lipinski definition) is 2. The first kappa shape index (κ1) is 24.4. The fraction of sp³-hybridized carbons (Fsp3) is 0.565. The molecule has 2 aliphatic rings. The summed E-state index contributed by atoms with van der Waals surface area (Å²) >= 11 is 6.56. The molecule has 0 bridgehead atoms. The third kappa shape index (κ3) is 5.18. The summed E-state index contributed by atoms with van der Waals surface area (Å²) in [6, 6.07) is 0. The van der Waals surface area contributed by atoms with Gasteiger partial charge in [-0.05, 0) is 26.8 Å². The highest BCUT2D eigenvalue weighted by Gasteiger charge is 2.34. The lowest BCUT2D eigenvalue weighted by molar-refractivity contribution is -0.138. The molecule has 4 rings (SSSR count). The molecule has 1 atom stereocenters. The minimum absolute atomic E-state index is 0.102. The largest absolute Gasteiger partial charge is 0.496 e. The quantitative estimate of drug-likeness (QED) is 0.532. The predicted octanol–water partition coefficient (Wildman–Crippen LogP) is 1.93. The molecular weight excluding hydrogens is 458 g/mol. The number of nitrogens with zero attached hydrogens (tertiary/aromatic N) is 6. The van der Waals surface area contributed by atoms with Gasteiger partial charge >= 0.3 is 5.97 Å². The van der Waals surface area contributed by atoms with E-state index in [1.54, 1.807) is 7.11 Å². The van der Waals surface area contributed by atoms with Crippen LogP contribution < -0.4 is 15.4 Å². The molecule has 0 unspecified atom stereocenters. The lowest BCUT2D eigenvalue weighted by Crippen LogP contribution is -2.48. The molecule has 2 aromatic heterocycles. The van der Waals surface area contributed by atoms with Crippen LogP contribution >= 0.6 is 11.6 Å². The lowest BCUT2D eigenvalue weighted by atomic mass is 10.00. The molecule has 1 saturated heterocycles. The smallest absolute Gasteiger partial charge is 0.317 e. The summed E-state index contributed by atoms with van der Waals surface area (Å²) in [5.74, 6) is 1.18. The monoisotopic (exact) mass is 489 g/mol. The van der Waals surface area contributed by atoms with Crippen molar-refractivity contribution in [3.05, 3.63) is 33.7 Å². The molecular formula is C23H32ClN7O3. The van der Waals surface area contributed by atoms with Crippen LogP contribution in [0.15, 0.2) is 6.20 Å². The van der Waals surface area contributed by atoms with Crippen LogP contribution in [0.5, 0.6) is 5.75 Å². The maximum atomic E-state index is 11.0. The number of nitrogens with two attached hydrogens (primary N) is 1. The zero-order valence-corrected chi connectivity index (χ0v) is 20.7. The van der Waals surface area contributed by atoms with Gasteiger partial charge in [0.15, 0.2) is 0 Å². The molecule has 11 heteroatoms. The van der Waals surface area contributed by atoms with Crippen molar-refractivity contribution in [2.24, 2.45) is 0 Å². The van der Waals surface area contributed by atoms with E-state index in [0.717, 1.165) is 79.6 Å². The maximum Gasteiger partial charge on any atom is 0.317 e. The summed E-state index contributed by atoms with van der Waals surface area (Å²) in [4.78, 5) is 30.9. The molecule has 2 aromatic rings. The van der Waals surface area contributed by atoms with Gasteiger partial charge in [-0.15, -0.1) is 0 Å². The Morgan fingerprint density at radius 3 is 2.62 bits per heavy atom. The number of methoxy groups -OCH3 is 1. The van der Waals surface area contributed by atoms with Crippen LogP contribution in [-0.2, 0) is 11.3 Å². The van der Waals surface area contributed by atoms with Crippen LogP contribution in [0.2, 0.25) is 5.15 Å². The second-order valence-corrected chi connectivity index (χ2v) is 9.39. The number of fused-ring (bicyclic) bond motifs is 1. The average molecular weight is 490 g/mol. The summed E-state index contributed by atoms with van der Waals surface area (Å²) in [6.45, 7) is 9.58. The maximum absolute atomic E-state index is 11.0. The van der Waals surface area contributed by atoms with E-state index in [-0.39, 0.29) is 18.4 Å². The van der Waals surface area contributed by atoms with Crippen molar-refractivity contribution in [3.8, 4) is 5.75 Å². The number of hydrogen-bond acceptors (Lipinski definition) is 9. The van der Waals surface area contributed by atoms with Crippen LogP contribution in [0.1, 0.15) is 34.7 Å². The summed E-state index contributed by atoms with van der Waals surface area (Å²) in [5.41, 5.74) is 9.83. The van der Waals surface area contributed by atoms with Crippen molar-refractivity contribution in [3.63, 3.8) is 0 Å². The third-order valence-electron chi connectivity index (χ3n) is 6.75. The Hall–Kier alpha value is -2.69. The Bertz CT molecular complexity index is 1060. The van der Waals surface area contributed by atoms with Gasteiger partial charge in [-0.2, -0.15) is 4.98 Å². The highest BCUT2D eigenvalue weighted by molar-refractivity contribution is 6.30. The number of carboxylic acid groups (broad SMARTS) is 1. The summed E-state index contributed by atoms with van der Waals surface area (Å²) in [7, 11) is 1.68. The van der Waals surface area contributed by atoms with E-state index in [4.69, 9.17) is 27.2 Å². The third-order valence-corrected chi connectivity index (χ3v) is 7.04. The molecule has 0 aromatic carbocycles. The number of halogens is 1. The SMILES string of the molecule is COc1c(C)cnc(CN2C[C@H](CCN3CCN(CC(=O)O)CC3)c3c(Cl)nc(N)nc32)c1C. The molecule has 2 aliphatic heterocycles. The highest BCUT2D eigenvalue weighted by Crippen LogP contribution is 2.42. The van der Waals surface area contributed by atoms with Crippen molar-refractivity contribution >= 4 is 29.3 Å². The van der Waals surface area contributed by atoms with Crippen LogP contribution in [0, 0.1) is 13.8 Å². The number of anilines is 2. The van der Waals surface area contributed by atoms with Gasteiger partial charge in [0.05, 0.1) is 25.9 Å². The minimum Gasteiger partial charge on any atom is -0.496 e. The molecule has 0 amide bonds. The van der Waals surface area contributed by atoms with Gasteiger partial charge in [-0.1, -0.05) is 11.6 Å². The molecule has 10 nitrogen and oxygen atoms in total. The van der Waals surface area contributed by atoms with Crippen LogP contribution in [0.25, 0.3) is 0 Å². The Kier molecular flexibility index (Phi) is 7.39. The Morgan fingerprint density at radius 1 is 1.24 bits per heavy atom. The fourth-order valence-electron chi connectivity index (χ4n) is 4.97. The van der Waals surface area contributed by atoms with E-state index >= 15 is 0 Å². The van der Waals surface area contributed by atoms with Gasteiger partial charge in [0.25, 0.3) is 0 Å². The first-order valence-corrected chi connectivity index (χ1v) is 11.9. The molecule has 34 heavy (non-hydrogen) atoms. The van der Waals surface area contributed by atoms with Crippen LogP contribution in [0.4, 0.5) is 11.8 Å². The Morgan fingerprint density at radius 2 is 1.94 bits per heavy atom. The number of pyridine rings is 1. The van der Waals surface area contributed by atoms with Gasteiger partial charge in [-0.3, -0.25) is 14.7 Å². The standard InChI is InChI=1S/C23H32ClN7O3/c1-14-10-26-17(15(2)20(14)34-3)12-31-11-16(19-21(24)27-23(25)28-22(19)31)4-5-29-6-8-30(9-7-29)13-18(32)33/h10,16H,4-9,11-13H2,1-3H3,(H,32,33)(H2,25,27,28)/t16-/m0/s1. The number of nitrogen functional groups attached to an aromatic ring is 1. The molecule has 3 N–H and O–H groups in total. The normalized spacial score (nSPS) is 18.8. The number of aromatic nitrogens is 3. The minimum atomic E-state index is -0.777. The van der Waals surface area contributed by atoms with E-state index < -0.39 is 5.97 Å². The van der Waals surface area contributed by atoms with E-state index in [1.165, 1.54) is 0 Å². The molecule has 4 heterocycles. The Balaban J connectivity index is 1.47. The molecule has 1 fully saturated rings. The number of carbonyl (C=O) groups is 1. The van der Waals surface area contributed by atoms with Crippen LogP contribution in [-0.4, -0.2) is 88.8 Å². The van der Waals surface area contributed by atoms with Crippen molar-refractivity contribution < 1.29 is 14.6 Å². The number of ether oxygens (including phenoxy) is 1. The van der Waals surface area contributed by atoms with E-state index in [0.29, 0.717) is 11.7 Å². The number of rotatable bonds is 8. The van der Waals surface area contributed by atoms with Gasteiger partial charge in [-0.25, -0.2) is 4.98 Å². The lowest BCUT2D eigenvalue weighted by Gasteiger charge is -2.34. The topological polar surface area (TPSA) is 121 Å². The van der Waals surface area contributed by atoms with E-state index in [1.807, 2.05) is 24.9 Å². The summed E-state index contributed by atoms with van der Waals surface area (Å²) in [6.07, 6.45) is 2.74. The number of carboxylic acids is 1. The van der Waals surface area contributed by atoms with E-state index in [2.05, 4.69) is 24.8 Å². The van der Waals surface area contributed by atoms with Gasteiger partial charge in [0.1, 0.15) is 16.7 Å². The second-order valence-electron chi connectivity index (χ2n) is 9.03. The number of piperazine rings is 1. The van der Waals surface area contributed by atoms with Crippen molar-refractivity contribution in [1.82, 2.24) is 24.8 Å². The zero-order valence-electron chi connectivity index (χ0n) is 19.9. The van der Waals surface area contributed by atoms with Gasteiger partial charge < -0.3 is 25.4 Å². The molecule has 0 saturated carbocycles. The molecule has 0 spiro atoms. The van der Waals surface area contributed by atoms with Crippen molar-refractivity contribution in [1.29, 1.82) is 0 Å². The molecule has 0 radical (unpaired) electrons. The van der Waals surface area contributed by atoms with Gasteiger partial charge in [0.2, 0.25) is 5.95 Å². The summed E-state index contributed by atoms with van der Waals surface area (Å²) in [5, 5.41) is 9.41.